The Morgan fingerprint density at radius 2 is 2.25 bits per heavy atom. The molecule has 1 aromatic heterocycles. The summed E-state index contributed by atoms with van der Waals surface area (Å²) in [6.07, 6.45) is 0. The molecule has 0 atom stereocenters. The second-order valence-corrected chi connectivity index (χ2v) is 4.52. The summed E-state index contributed by atoms with van der Waals surface area (Å²) in [4.78, 5) is 11.9. The molecule has 0 saturated carbocycles. The third-order valence-electron chi connectivity index (χ3n) is 2.30. The molecule has 0 fully saturated rings. The molecule has 0 spiro atoms. The van der Waals surface area contributed by atoms with Gasteiger partial charge >= 0.3 is 5.97 Å². The summed E-state index contributed by atoms with van der Waals surface area (Å²) in [5.74, 6) is -0.648. The summed E-state index contributed by atoms with van der Waals surface area (Å²) in [5.41, 5.74) is 0.584. The number of ether oxygens (including phenoxy) is 1. The average molecular weight is 238 g/mol. The van der Waals surface area contributed by atoms with E-state index in [4.69, 9.17) is 4.74 Å². The van der Waals surface area contributed by atoms with Crippen LogP contribution in [0.3, 0.4) is 0 Å². The molecular formula is C12H11FO2S. The van der Waals surface area contributed by atoms with E-state index >= 15 is 0 Å². The number of fused-ring (bicyclic) bond motifs is 1. The van der Waals surface area contributed by atoms with E-state index in [0.29, 0.717) is 22.4 Å². The topological polar surface area (TPSA) is 26.3 Å². The fourth-order valence-corrected chi connectivity index (χ4v) is 2.44. The van der Waals surface area contributed by atoms with Crippen molar-refractivity contribution in [3.8, 4) is 0 Å². The van der Waals surface area contributed by atoms with Crippen molar-refractivity contribution in [1.82, 2.24) is 0 Å². The third-order valence-corrected chi connectivity index (χ3v) is 3.39. The molecule has 0 radical (unpaired) electrons. The van der Waals surface area contributed by atoms with Crippen molar-refractivity contribution in [3.63, 3.8) is 0 Å². The van der Waals surface area contributed by atoms with Crippen LogP contribution in [0.5, 0.6) is 0 Å². The summed E-state index contributed by atoms with van der Waals surface area (Å²) < 4.78 is 19.4. The number of rotatable bonds is 2. The zero-order chi connectivity index (χ0) is 11.7. The van der Waals surface area contributed by atoms with Gasteiger partial charge in [-0.1, -0.05) is 6.07 Å². The number of esters is 1. The molecule has 0 aliphatic carbocycles. The Hall–Kier alpha value is -1.42. The van der Waals surface area contributed by atoms with E-state index in [2.05, 4.69) is 0 Å². The highest BCUT2D eigenvalue weighted by Crippen LogP contribution is 2.29. The molecule has 2 aromatic rings. The quantitative estimate of drug-likeness (QED) is 0.748. The van der Waals surface area contributed by atoms with Crippen LogP contribution in [0.2, 0.25) is 0 Å². The largest absolute Gasteiger partial charge is 0.462 e. The Labute approximate surface area is 96.7 Å². The lowest BCUT2D eigenvalue weighted by Crippen LogP contribution is -2.01. The number of carbonyl (C=O) groups excluding carboxylic acids is 1. The highest BCUT2D eigenvalue weighted by molar-refractivity contribution is 7.20. The van der Waals surface area contributed by atoms with Gasteiger partial charge in [-0.2, -0.15) is 0 Å². The van der Waals surface area contributed by atoms with Crippen LogP contribution < -0.4 is 0 Å². The Kier molecular flexibility index (Phi) is 2.92. The molecular weight excluding hydrogens is 227 g/mol. The standard InChI is InChI=1S/C12H11FO2S/c1-3-15-12(14)10-6-8-9(16-10)5-4-7(2)11(8)13/h4-6H,3H2,1-2H3. The van der Waals surface area contributed by atoms with E-state index in [-0.39, 0.29) is 11.8 Å². The van der Waals surface area contributed by atoms with Gasteiger partial charge in [0.1, 0.15) is 10.7 Å². The van der Waals surface area contributed by atoms with Crippen LogP contribution in [0.1, 0.15) is 22.2 Å². The number of thiophene rings is 1. The molecule has 0 amide bonds. The van der Waals surface area contributed by atoms with Gasteiger partial charge in [-0.25, -0.2) is 9.18 Å². The highest BCUT2D eigenvalue weighted by atomic mass is 32.1. The number of benzene rings is 1. The molecule has 1 aromatic carbocycles. The van der Waals surface area contributed by atoms with Crippen LogP contribution in [0, 0.1) is 12.7 Å². The van der Waals surface area contributed by atoms with Crippen LogP contribution in [0.15, 0.2) is 18.2 Å². The lowest BCUT2D eigenvalue weighted by atomic mass is 10.1. The van der Waals surface area contributed by atoms with E-state index in [1.165, 1.54) is 11.3 Å². The van der Waals surface area contributed by atoms with Crippen LogP contribution in [-0.4, -0.2) is 12.6 Å². The molecule has 0 bridgehead atoms. The van der Waals surface area contributed by atoms with Crippen molar-refractivity contribution < 1.29 is 13.9 Å². The Bertz CT molecular complexity index is 545. The fourth-order valence-electron chi connectivity index (χ4n) is 1.49. The minimum Gasteiger partial charge on any atom is -0.462 e. The first-order chi connectivity index (χ1) is 7.63. The number of hydrogen-bond donors (Lipinski definition) is 0. The second-order valence-electron chi connectivity index (χ2n) is 3.44. The summed E-state index contributed by atoms with van der Waals surface area (Å²) >= 11 is 1.25. The Balaban J connectivity index is 2.52. The zero-order valence-corrected chi connectivity index (χ0v) is 9.86. The van der Waals surface area contributed by atoms with Crippen LogP contribution in [0.25, 0.3) is 10.1 Å². The van der Waals surface area contributed by atoms with Gasteiger partial charge in [0, 0.05) is 10.1 Å². The maximum Gasteiger partial charge on any atom is 0.348 e. The van der Waals surface area contributed by atoms with Gasteiger partial charge in [-0.15, -0.1) is 11.3 Å². The van der Waals surface area contributed by atoms with Gasteiger partial charge in [-0.05, 0) is 31.5 Å². The predicted octanol–water partition coefficient (Wildman–Crippen LogP) is 3.53. The molecule has 1 heterocycles. The fraction of sp³-hybridized carbons (Fsp3) is 0.250. The van der Waals surface area contributed by atoms with Gasteiger partial charge in [0.2, 0.25) is 0 Å². The number of hydrogen-bond acceptors (Lipinski definition) is 3. The third kappa shape index (κ3) is 1.80. The van der Waals surface area contributed by atoms with E-state index in [0.717, 1.165) is 4.70 Å². The summed E-state index contributed by atoms with van der Waals surface area (Å²) in [6.45, 7) is 3.78. The molecule has 0 aliphatic rings. The first-order valence-corrected chi connectivity index (χ1v) is 5.81. The molecule has 16 heavy (non-hydrogen) atoms. The Morgan fingerprint density at radius 1 is 1.50 bits per heavy atom. The SMILES string of the molecule is CCOC(=O)c1cc2c(F)c(C)ccc2s1. The molecule has 0 N–H and O–H groups in total. The van der Waals surface area contributed by atoms with Gasteiger partial charge in [0.25, 0.3) is 0 Å². The van der Waals surface area contributed by atoms with Crippen molar-refractivity contribution in [2.45, 2.75) is 13.8 Å². The highest BCUT2D eigenvalue weighted by Gasteiger charge is 2.14. The average Bonchev–Trinajstić information content (AvgIpc) is 2.69. The first-order valence-electron chi connectivity index (χ1n) is 4.99. The summed E-state index contributed by atoms with van der Waals surface area (Å²) in [7, 11) is 0. The molecule has 84 valence electrons. The molecule has 0 saturated heterocycles. The van der Waals surface area contributed by atoms with Crippen molar-refractivity contribution in [2.24, 2.45) is 0 Å². The van der Waals surface area contributed by atoms with Crippen LogP contribution in [0.4, 0.5) is 4.39 Å². The molecule has 0 aliphatic heterocycles. The van der Waals surface area contributed by atoms with E-state index in [1.54, 1.807) is 26.0 Å². The first kappa shape index (κ1) is 11.1. The van der Waals surface area contributed by atoms with Gasteiger partial charge < -0.3 is 4.74 Å². The van der Waals surface area contributed by atoms with Gasteiger partial charge in [0.05, 0.1) is 6.61 Å². The van der Waals surface area contributed by atoms with Gasteiger partial charge in [-0.3, -0.25) is 0 Å². The van der Waals surface area contributed by atoms with E-state index in [9.17, 15) is 9.18 Å². The van der Waals surface area contributed by atoms with Gasteiger partial charge in [0.15, 0.2) is 0 Å². The molecule has 2 nitrogen and oxygen atoms in total. The van der Waals surface area contributed by atoms with E-state index < -0.39 is 0 Å². The van der Waals surface area contributed by atoms with Crippen molar-refractivity contribution in [2.75, 3.05) is 6.61 Å². The normalized spacial score (nSPS) is 10.7. The minimum absolute atomic E-state index is 0.260. The summed E-state index contributed by atoms with van der Waals surface area (Å²) in [6, 6.07) is 5.09. The molecule has 4 heteroatoms. The van der Waals surface area contributed by atoms with Crippen molar-refractivity contribution in [1.29, 1.82) is 0 Å². The smallest absolute Gasteiger partial charge is 0.348 e. The minimum atomic E-state index is -0.388. The lowest BCUT2D eigenvalue weighted by molar-refractivity contribution is 0.0532. The summed E-state index contributed by atoms with van der Waals surface area (Å²) in [5, 5.41) is 0.494. The lowest BCUT2D eigenvalue weighted by Gasteiger charge is -1.96. The van der Waals surface area contributed by atoms with Crippen molar-refractivity contribution >= 4 is 27.4 Å². The Morgan fingerprint density at radius 3 is 2.94 bits per heavy atom. The number of carbonyl (C=O) groups is 1. The molecule has 2 rings (SSSR count). The maximum atomic E-state index is 13.7. The molecule has 0 unspecified atom stereocenters. The number of aryl methyl sites for hydroxylation is 1. The van der Waals surface area contributed by atoms with Crippen molar-refractivity contribution in [3.05, 3.63) is 34.5 Å². The second kappa shape index (κ2) is 4.22. The van der Waals surface area contributed by atoms with E-state index in [1.807, 2.05) is 6.07 Å². The van der Waals surface area contributed by atoms with Crippen LogP contribution >= 0.6 is 11.3 Å². The maximum absolute atomic E-state index is 13.7. The zero-order valence-electron chi connectivity index (χ0n) is 9.04. The number of halogens is 1. The van der Waals surface area contributed by atoms with Crippen LogP contribution in [-0.2, 0) is 4.74 Å². The predicted molar refractivity (Wildman–Crippen MR) is 62.5 cm³/mol. The monoisotopic (exact) mass is 238 g/mol.